The summed E-state index contributed by atoms with van der Waals surface area (Å²) in [7, 11) is 0. The van der Waals surface area contributed by atoms with Gasteiger partial charge >= 0.3 is 0 Å². The molecule has 1 nitrogen and oxygen atoms in total. The zero-order valence-corrected chi connectivity index (χ0v) is 12.3. The van der Waals surface area contributed by atoms with Gasteiger partial charge in [-0.15, -0.1) is 12.3 Å². The molecule has 0 spiro atoms. The van der Waals surface area contributed by atoms with Crippen LogP contribution in [0, 0.1) is 23.7 Å². The molecule has 0 bridgehead atoms. The van der Waals surface area contributed by atoms with Crippen LogP contribution >= 0.6 is 0 Å². The number of rotatable bonds is 1. The summed E-state index contributed by atoms with van der Waals surface area (Å²) in [6.07, 6.45) is 10.6. The van der Waals surface area contributed by atoms with E-state index < -0.39 is 0 Å². The molecule has 17 heavy (non-hydrogen) atoms. The van der Waals surface area contributed by atoms with Crippen LogP contribution in [-0.2, 0) is 0 Å². The topological polar surface area (TPSA) is 3.24 Å². The lowest BCUT2D eigenvalue weighted by Gasteiger charge is -2.30. The average Bonchev–Trinajstić information content (AvgIpc) is 2.71. The molecule has 2 rings (SSSR count). The predicted octanol–water partition coefficient (Wildman–Crippen LogP) is 3.94. The molecule has 0 N–H and O–H groups in total. The zero-order valence-electron chi connectivity index (χ0n) is 12.3. The van der Waals surface area contributed by atoms with E-state index in [4.69, 9.17) is 6.42 Å². The molecule has 1 atom stereocenters. The second kappa shape index (κ2) is 5.44. The van der Waals surface area contributed by atoms with Crippen molar-refractivity contribution < 1.29 is 0 Å². The summed E-state index contributed by atoms with van der Waals surface area (Å²) in [5.74, 6) is 2.94. The van der Waals surface area contributed by atoms with Gasteiger partial charge in [-0.25, -0.2) is 0 Å². The van der Waals surface area contributed by atoms with Gasteiger partial charge in [0.15, 0.2) is 0 Å². The fourth-order valence-corrected chi connectivity index (χ4v) is 3.43. The highest BCUT2D eigenvalue weighted by molar-refractivity contribution is 5.05. The van der Waals surface area contributed by atoms with Crippen LogP contribution in [-0.4, -0.2) is 23.5 Å². The Morgan fingerprint density at radius 2 is 1.94 bits per heavy atom. The van der Waals surface area contributed by atoms with Crippen molar-refractivity contribution in [3.63, 3.8) is 0 Å². The summed E-state index contributed by atoms with van der Waals surface area (Å²) in [5.41, 5.74) is 1.19. The van der Waals surface area contributed by atoms with Gasteiger partial charge in [0.05, 0.1) is 0 Å². The monoisotopic (exact) mass is 235 g/mol. The molecule has 0 aromatic heterocycles. The average molecular weight is 235 g/mol. The number of hydrogen-bond acceptors (Lipinski definition) is 1. The molecule has 0 amide bonds. The van der Waals surface area contributed by atoms with Crippen LogP contribution in [0.4, 0.5) is 0 Å². The summed E-state index contributed by atoms with van der Waals surface area (Å²) in [6, 6.07) is 0. The smallest absolute Gasteiger partial charge is 0.0213 e. The number of fused-ring (bicyclic) bond motifs is 1. The van der Waals surface area contributed by atoms with Crippen molar-refractivity contribution in [2.75, 3.05) is 13.1 Å². The van der Waals surface area contributed by atoms with Gasteiger partial charge in [0.1, 0.15) is 0 Å². The second-order valence-electron chi connectivity index (χ2n) is 6.77. The van der Waals surface area contributed by atoms with E-state index >= 15 is 0 Å². The van der Waals surface area contributed by atoms with Gasteiger partial charge in [0, 0.05) is 18.0 Å². The van der Waals surface area contributed by atoms with Crippen LogP contribution in [0.3, 0.4) is 0 Å². The van der Waals surface area contributed by atoms with Crippen LogP contribution in [0.2, 0.25) is 0 Å². The Hall–Kier alpha value is -0.480. The standard InChI is InChI=1S/C11H21N.C5H8/c1-4-11-6-5-7-12(11)9-10(2,3)8-11;1-4-5(2)3/h4-9H2,1-3H3;1,5H,2-3H3. The Morgan fingerprint density at radius 3 is 2.35 bits per heavy atom. The predicted molar refractivity (Wildman–Crippen MR) is 75.9 cm³/mol. The van der Waals surface area contributed by atoms with Crippen LogP contribution in [0.5, 0.6) is 0 Å². The Labute approximate surface area is 108 Å². The van der Waals surface area contributed by atoms with Crippen molar-refractivity contribution in [2.24, 2.45) is 11.3 Å². The molecule has 2 fully saturated rings. The normalized spacial score (nSPS) is 30.6. The van der Waals surface area contributed by atoms with Gasteiger partial charge in [-0.2, -0.15) is 0 Å². The Balaban J connectivity index is 0.000000249. The molecule has 0 aromatic carbocycles. The van der Waals surface area contributed by atoms with E-state index in [1.807, 2.05) is 13.8 Å². The summed E-state index contributed by atoms with van der Waals surface area (Å²) in [5, 5.41) is 0. The molecule has 1 unspecified atom stereocenters. The highest BCUT2D eigenvalue weighted by Gasteiger charge is 2.49. The van der Waals surface area contributed by atoms with E-state index in [9.17, 15) is 0 Å². The molecular formula is C16H29N. The van der Waals surface area contributed by atoms with E-state index in [0.717, 1.165) is 0 Å². The van der Waals surface area contributed by atoms with Crippen molar-refractivity contribution in [1.29, 1.82) is 0 Å². The van der Waals surface area contributed by atoms with Crippen LogP contribution in [0.15, 0.2) is 0 Å². The maximum atomic E-state index is 4.92. The number of hydrogen-bond donors (Lipinski definition) is 0. The van der Waals surface area contributed by atoms with Gasteiger partial charge in [0.2, 0.25) is 0 Å². The maximum absolute atomic E-state index is 4.92. The zero-order chi connectivity index (χ0) is 13.1. The van der Waals surface area contributed by atoms with E-state index in [-0.39, 0.29) is 0 Å². The fraction of sp³-hybridized carbons (Fsp3) is 0.875. The summed E-state index contributed by atoms with van der Waals surface area (Å²) in [4.78, 5) is 2.74. The minimum atomic E-state index is 0.412. The van der Waals surface area contributed by atoms with Crippen molar-refractivity contribution >= 4 is 0 Å². The molecule has 0 aromatic rings. The Morgan fingerprint density at radius 1 is 1.35 bits per heavy atom. The molecule has 0 aliphatic carbocycles. The maximum Gasteiger partial charge on any atom is 0.0213 e. The third-order valence-electron chi connectivity index (χ3n) is 4.16. The third kappa shape index (κ3) is 3.49. The van der Waals surface area contributed by atoms with Gasteiger partial charge in [-0.3, -0.25) is 4.90 Å². The van der Waals surface area contributed by atoms with Gasteiger partial charge < -0.3 is 0 Å². The molecule has 1 heteroatoms. The minimum absolute atomic E-state index is 0.412. The molecular weight excluding hydrogens is 206 g/mol. The fourth-order valence-electron chi connectivity index (χ4n) is 3.43. The first-order valence-corrected chi connectivity index (χ1v) is 7.06. The highest BCUT2D eigenvalue weighted by atomic mass is 15.2. The number of terminal acetylenes is 1. The molecule has 2 heterocycles. The van der Waals surface area contributed by atoms with Gasteiger partial charge in [-0.1, -0.05) is 34.6 Å². The summed E-state index contributed by atoms with van der Waals surface area (Å²) < 4.78 is 0. The Bertz CT molecular complexity index is 284. The van der Waals surface area contributed by atoms with E-state index in [1.54, 1.807) is 0 Å². The quantitative estimate of drug-likeness (QED) is 0.622. The lowest BCUT2D eigenvalue weighted by molar-refractivity contribution is 0.189. The highest BCUT2D eigenvalue weighted by Crippen LogP contribution is 2.48. The molecule has 2 saturated heterocycles. The van der Waals surface area contributed by atoms with Crippen LogP contribution in [0.1, 0.15) is 60.3 Å². The number of nitrogens with zero attached hydrogens (tertiary/aromatic N) is 1. The Kier molecular flexibility index (Phi) is 4.67. The van der Waals surface area contributed by atoms with Gasteiger partial charge in [-0.05, 0) is 37.6 Å². The first-order valence-electron chi connectivity index (χ1n) is 7.06. The largest absolute Gasteiger partial charge is 0.297 e. The molecule has 98 valence electrons. The van der Waals surface area contributed by atoms with E-state index in [0.29, 0.717) is 16.9 Å². The SMILES string of the molecule is C#CC(C)C.CCC12CCCN1CC(C)(C)C2. The van der Waals surface area contributed by atoms with Crippen molar-refractivity contribution in [3.05, 3.63) is 0 Å². The lowest BCUT2D eigenvalue weighted by atomic mass is 9.81. The summed E-state index contributed by atoms with van der Waals surface area (Å²) >= 11 is 0. The first kappa shape index (κ1) is 14.6. The van der Waals surface area contributed by atoms with Crippen molar-refractivity contribution in [3.8, 4) is 12.3 Å². The minimum Gasteiger partial charge on any atom is -0.297 e. The lowest BCUT2D eigenvalue weighted by Crippen LogP contribution is -2.37. The van der Waals surface area contributed by atoms with E-state index in [2.05, 4.69) is 31.6 Å². The first-order chi connectivity index (χ1) is 7.85. The van der Waals surface area contributed by atoms with Gasteiger partial charge in [0.25, 0.3) is 0 Å². The second-order valence-corrected chi connectivity index (χ2v) is 6.77. The molecule has 0 saturated carbocycles. The molecule has 2 aliphatic heterocycles. The van der Waals surface area contributed by atoms with E-state index in [1.165, 1.54) is 38.8 Å². The van der Waals surface area contributed by atoms with Crippen LogP contribution in [0.25, 0.3) is 0 Å². The summed E-state index contributed by atoms with van der Waals surface area (Å²) in [6.45, 7) is 13.9. The third-order valence-corrected chi connectivity index (χ3v) is 4.16. The van der Waals surface area contributed by atoms with Crippen molar-refractivity contribution in [1.82, 2.24) is 4.90 Å². The molecule has 2 aliphatic rings. The van der Waals surface area contributed by atoms with Crippen molar-refractivity contribution in [2.45, 2.75) is 65.8 Å². The van der Waals surface area contributed by atoms with Crippen LogP contribution < -0.4 is 0 Å². The molecule has 0 radical (unpaired) electrons.